The van der Waals surface area contributed by atoms with Gasteiger partial charge in [-0.25, -0.2) is 4.98 Å². The van der Waals surface area contributed by atoms with Crippen LogP contribution in [0.5, 0.6) is 5.75 Å². The molecule has 0 saturated heterocycles. The fourth-order valence-corrected chi connectivity index (χ4v) is 2.50. The number of benzene rings is 1. The molecule has 1 atom stereocenters. The first-order chi connectivity index (χ1) is 8.72. The normalized spacial score (nSPS) is 16.8. The number of aliphatic hydroxyl groups is 1. The van der Waals surface area contributed by atoms with Crippen LogP contribution in [0.1, 0.15) is 43.0 Å². The number of pyridine rings is 1. The van der Waals surface area contributed by atoms with Crippen LogP contribution in [-0.2, 0) is 0 Å². The van der Waals surface area contributed by atoms with Gasteiger partial charge >= 0.3 is 0 Å². The molecular formula is C15H17NO2. The smallest absolute Gasteiger partial charge is 0.147 e. The Bertz CT molecular complexity index is 588. The van der Waals surface area contributed by atoms with Gasteiger partial charge in [0.2, 0.25) is 0 Å². The van der Waals surface area contributed by atoms with Gasteiger partial charge in [0.25, 0.3) is 0 Å². The second kappa shape index (κ2) is 4.25. The molecule has 1 aliphatic rings. The van der Waals surface area contributed by atoms with Crippen LogP contribution < -0.4 is 4.74 Å². The van der Waals surface area contributed by atoms with Crippen molar-refractivity contribution < 1.29 is 9.84 Å². The molecule has 0 amide bonds. The Morgan fingerprint density at radius 2 is 2.06 bits per heavy atom. The molecule has 1 saturated carbocycles. The molecule has 0 aliphatic heterocycles. The minimum absolute atomic E-state index is 0.502. The Hall–Kier alpha value is -1.61. The Kier molecular flexibility index (Phi) is 2.71. The van der Waals surface area contributed by atoms with Gasteiger partial charge in [0.05, 0.1) is 24.4 Å². The van der Waals surface area contributed by atoms with Gasteiger partial charge in [-0.3, -0.25) is 0 Å². The number of aromatic nitrogens is 1. The summed E-state index contributed by atoms with van der Waals surface area (Å²) >= 11 is 0. The SMILES string of the molecule is COc1c(C2CC2)nc2ccccc2c1C(C)O. The third kappa shape index (κ3) is 1.75. The maximum absolute atomic E-state index is 10.1. The van der Waals surface area contributed by atoms with E-state index in [2.05, 4.69) is 0 Å². The molecule has 3 heteroatoms. The van der Waals surface area contributed by atoms with Gasteiger partial charge in [-0.05, 0) is 25.8 Å². The Morgan fingerprint density at radius 3 is 2.67 bits per heavy atom. The van der Waals surface area contributed by atoms with E-state index in [1.54, 1.807) is 14.0 Å². The van der Waals surface area contributed by atoms with E-state index in [-0.39, 0.29) is 0 Å². The lowest BCUT2D eigenvalue weighted by Gasteiger charge is -2.17. The predicted molar refractivity (Wildman–Crippen MR) is 70.9 cm³/mol. The van der Waals surface area contributed by atoms with E-state index in [1.165, 1.54) is 12.8 Å². The number of aliphatic hydroxyl groups excluding tert-OH is 1. The summed E-state index contributed by atoms with van der Waals surface area (Å²) in [6.45, 7) is 1.78. The van der Waals surface area contributed by atoms with Crippen LogP contribution in [0.25, 0.3) is 10.9 Å². The first-order valence-electron chi connectivity index (χ1n) is 6.37. The molecule has 1 aromatic carbocycles. The second-order valence-corrected chi connectivity index (χ2v) is 4.91. The minimum Gasteiger partial charge on any atom is -0.494 e. The quantitative estimate of drug-likeness (QED) is 0.900. The topological polar surface area (TPSA) is 42.4 Å². The maximum atomic E-state index is 10.1. The van der Waals surface area contributed by atoms with Gasteiger partial charge in [0.15, 0.2) is 0 Å². The second-order valence-electron chi connectivity index (χ2n) is 4.91. The molecule has 1 aromatic heterocycles. The number of nitrogens with zero attached hydrogens (tertiary/aromatic N) is 1. The number of hydrogen-bond donors (Lipinski definition) is 1. The molecule has 1 N–H and O–H groups in total. The van der Waals surface area contributed by atoms with Crippen LogP contribution >= 0.6 is 0 Å². The van der Waals surface area contributed by atoms with Crippen molar-refractivity contribution in [2.24, 2.45) is 0 Å². The molecule has 94 valence electrons. The highest BCUT2D eigenvalue weighted by atomic mass is 16.5. The van der Waals surface area contributed by atoms with Crippen molar-refractivity contribution in [2.75, 3.05) is 7.11 Å². The third-order valence-electron chi connectivity index (χ3n) is 3.50. The number of rotatable bonds is 3. The van der Waals surface area contributed by atoms with Gasteiger partial charge < -0.3 is 9.84 Å². The van der Waals surface area contributed by atoms with E-state index in [0.29, 0.717) is 5.92 Å². The van der Waals surface area contributed by atoms with Crippen LogP contribution in [0.3, 0.4) is 0 Å². The Balaban J connectivity index is 2.35. The van der Waals surface area contributed by atoms with Crippen molar-refractivity contribution in [3.63, 3.8) is 0 Å². The summed E-state index contributed by atoms with van der Waals surface area (Å²) in [7, 11) is 1.66. The zero-order valence-corrected chi connectivity index (χ0v) is 10.7. The van der Waals surface area contributed by atoms with Crippen LogP contribution in [0.15, 0.2) is 24.3 Å². The van der Waals surface area contributed by atoms with Crippen LogP contribution in [0.4, 0.5) is 0 Å². The summed E-state index contributed by atoms with van der Waals surface area (Å²) < 4.78 is 5.52. The van der Waals surface area contributed by atoms with Crippen molar-refractivity contribution in [3.05, 3.63) is 35.5 Å². The molecule has 18 heavy (non-hydrogen) atoms. The third-order valence-corrected chi connectivity index (χ3v) is 3.50. The molecule has 3 rings (SSSR count). The van der Waals surface area contributed by atoms with E-state index < -0.39 is 6.10 Å². The first-order valence-corrected chi connectivity index (χ1v) is 6.37. The molecule has 1 unspecified atom stereocenters. The van der Waals surface area contributed by atoms with Crippen molar-refractivity contribution in [1.29, 1.82) is 0 Å². The molecule has 1 heterocycles. The predicted octanol–water partition coefficient (Wildman–Crippen LogP) is 3.17. The lowest BCUT2D eigenvalue weighted by molar-refractivity contribution is 0.195. The summed E-state index contributed by atoms with van der Waals surface area (Å²) in [4.78, 5) is 4.71. The summed E-state index contributed by atoms with van der Waals surface area (Å²) in [5.41, 5.74) is 2.81. The molecule has 0 bridgehead atoms. The molecular weight excluding hydrogens is 226 g/mol. The average molecular weight is 243 g/mol. The van der Waals surface area contributed by atoms with Gasteiger partial charge in [-0.2, -0.15) is 0 Å². The van der Waals surface area contributed by atoms with Crippen molar-refractivity contribution in [1.82, 2.24) is 4.98 Å². The highest BCUT2D eigenvalue weighted by molar-refractivity contribution is 5.85. The van der Waals surface area contributed by atoms with Crippen molar-refractivity contribution in [2.45, 2.75) is 31.8 Å². The molecule has 0 radical (unpaired) electrons. The largest absolute Gasteiger partial charge is 0.494 e. The van der Waals surface area contributed by atoms with E-state index in [0.717, 1.165) is 27.9 Å². The molecule has 2 aromatic rings. The van der Waals surface area contributed by atoms with E-state index >= 15 is 0 Å². The number of para-hydroxylation sites is 1. The van der Waals surface area contributed by atoms with Gasteiger partial charge in [-0.1, -0.05) is 18.2 Å². The lowest BCUT2D eigenvalue weighted by atomic mass is 10.0. The Morgan fingerprint density at radius 1 is 1.33 bits per heavy atom. The highest BCUT2D eigenvalue weighted by Gasteiger charge is 2.31. The van der Waals surface area contributed by atoms with Crippen LogP contribution in [0, 0.1) is 0 Å². The van der Waals surface area contributed by atoms with Crippen LogP contribution in [-0.4, -0.2) is 17.2 Å². The molecule has 1 aliphatic carbocycles. The summed E-state index contributed by atoms with van der Waals surface area (Å²) in [6.07, 6.45) is 1.78. The summed E-state index contributed by atoms with van der Waals surface area (Å²) in [6, 6.07) is 7.92. The van der Waals surface area contributed by atoms with Gasteiger partial charge in [-0.15, -0.1) is 0 Å². The number of hydrogen-bond acceptors (Lipinski definition) is 3. The first kappa shape index (κ1) is 11.5. The van der Waals surface area contributed by atoms with Crippen molar-refractivity contribution >= 4 is 10.9 Å². The van der Waals surface area contributed by atoms with Gasteiger partial charge in [0, 0.05) is 16.9 Å². The van der Waals surface area contributed by atoms with Crippen LogP contribution in [0.2, 0.25) is 0 Å². The Labute approximate surface area is 106 Å². The molecule has 3 nitrogen and oxygen atoms in total. The summed E-state index contributed by atoms with van der Waals surface area (Å²) in [5, 5.41) is 11.0. The zero-order valence-electron chi connectivity index (χ0n) is 10.7. The highest BCUT2D eigenvalue weighted by Crippen LogP contribution is 2.46. The fourth-order valence-electron chi connectivity index (χ4n) is 2.50. The minimum atomic E-state index is -0.551. The average Bonchev–Trinajstić information content (AvgIpc) is 3.20. The summed E-state index contributed by atoms with van der Waals surface area (Å²) in [5.74, 6) is 1.27. The fraction of sp³-hybridized carbons (Fsp3) is 0.400. The van der Waals surface area contributed by atoms with Gasteiger partial charge in [0.1, 0.15) is 5.75 Å². The standard InChI is InChI=1S/C15H17NO2/c1-9(17)13-11-5-3-4-6-12(11)16-14(10-7-8-10)15(13)18-2/h3-6,9-10,17H,7-8H2,1-2H3. The zero-order chi connectivity index (χ0) is 12.7. The molecule has 0 spiro atoms. The van der Waals surface area contributed by atoms with Crippen molar-refractivity contribution in [3.8, 4) is 5.75 Å². The number of ether oxygens (including phenoxy) is 1. The monoisotopic (exact) mass is 243 g/mol. The lowest BCUT2D eigenvalue weighted by Crippen LogP contribution is -2.04. The maximum Gasteiger partial charge on any atom is 0.147 e. The number of methoxy groups -OCH3 is 1. The molecule has 1 fully saturated rings. The van der Waals surface area contributed by atoms with E-state index in [4.69, 9.17) is 9.72 Å². The number of fused-ring (bicyclic) bond motifs is 1. The van der Waals surface area contributed by atoms with E-state index in [9.17, 15) is 5.11 Å². The van der Waals surface area contributed by atoms with E-state index in [1.807, 2.05) is 24.3 Å².